The molecule has 108 valence electrons. The van der Waals surface area contributed by atoms with Crippen molar-refractivity contribution >= 4 is 15.7 Å². The molecule has 1 saturated carbocycles. The fourth-order valence-electron chi connectivity index (χ4n) is 1.89. The number of hydrogen-bond donors (Lipinski definition) is 0. The molecule has 0 bridgehead atoms. The van der Waals surface area contributed by atoms with Crippen LogP contribution in [0.4, 0.5) is 0 Å². The highest BCUT2D eigenvalue weighted by Crippen LogP contribution is 2.47. The molecule has 0 spiro atoms. The zero-order valence-corrected chi connectivity index (χ0v) is 11.9. The molecule has 1 aromatic heterocycles. The fraction of sp³-hybridized carbons (Fsp3) is 0.500. The van der Waals surface area contributed by atoms with Gasteiger partial charge in [-0.05, 0) is 29.9 Å². The van der Waals surface area contributed by atoms with Crippen LogP contribution in [0.2, 0.25) is 0 Å². The van der Waals surface area contributed by atoms with Gasteiger partial charge in [-0.2, -0.15) is 0 Å². The minimum atomic E-state index is -3.75. The van der Waals surface area contributed by atoms with Crippen LogP contribution in [0.3, 0.4) is 0 Å². The Morgan fingerprint density at radius 3 is 2.55 bits per heavy atom. The van der Waals surface area contributed by atoms with Gasteiger partial charge in [0.1, 0.15) is 9.82 Å². The average Bonchev–Trinajstić information content (AvgIpc) is 3.16. The lowest BCUT2D eigenvalue weighted by Crippen LogP contribution is -2.20. The van der Waals surface area contributed by atoms with E-state index in [1.807, 2.05) is 6.92 Å². The lowest BCUT2D eigenvalue weighted by atomic mass is 10.0. The van der Waals surface area contributed by atoms with E-state index in [4.69, 9.17) is 0 Å². The van der Waals surface area contributed by atoms with Crippen LogP contribution in [0.5, 0.6) is 0 Å². The van der Waals surface area contributed by atoms with E-state index in [2.05, 4.69) is 4.98 Å². The number of amides is 1. The first-order chi connectivity index (χ1) is 9.21. The summed E-state index contributed by atoms with van der Waals surface area (Å²) in [5, 5.41) is 10.6. The highest BCUT2D eigenvalue weighted by atomic mass is 32.2. The summed E-state index contributed by atoms with van der Waals surface area (Å²) in [7, 11) is -3.75. The van der Waals surface area contributed by atoms with E-state index in [-0.39, 0.29) is 16.1 Å². The van der Waals surface area contributed by atoms with Crippen LogP contribution in [-0.2, 0) is 15.3 Å². The zero-order valence-electron chi connectivity index (χ0n) is 11.1. The minimum absolute atomic E-state index is 0.138. The molecule has 0 unspecified atom stereocenters. The molecule has 0 atom stereocenters. The molecule has 0 radical (unpaired) electrons. The third-order valence-corrected chi connectivity index (χ3v) is 5.37. The number of nitrogens with zero attached hydrogens (tertiary/aromatic N) is 2. The summed E-state index contributed by atoms with van der Waals surface area (Å²) in [5.41, 5.74) is -0.0458. The number of pyridine rings is 1. The highest BCUT2D eigenvalue weighted by Gasteiger charge is 2.41. The topological polar surface area (TPSA) is 107 Å². The van der Waals surface area contributed by atoms with Gasteiger partial charge in [0, 0.05) is 6.20 Å². The summed E-state index contributed by atoms with van der Waals surface area (Å²) in [6.07, 6.45) is 3.17. The number of carbonyl (C=O) groups excluding carboxylic acids is 1. The average molecular weight is 298 g/mol. The Labute approximate surface area is 116 Å². The van der Waals surface area contributed by atoms with E-state index in [1.54, 1.807) is 0 Å². The molecule has 8 heteroatoms. The summed E-state index contributed by atoms with van der Waals surface area (Å²) in [6, 6.07) is 1.36. The van der Waals surface area contributed by atoms with Crippen molar-refractivity contribution in [1.29, 1.82) is 0 Å². The first-order valence-corrected chi connectivity index (χ1v) is 7.78. The van der Waals surface area contributed by atoms with Crippen LogP contribution in [0.15, 0.2) is 17.2 Å². The largest absolute Gasteiger partial charge is 0.496 e. The summed E-state index contributed by atoms with van der Waals surface area (Å²) in [4.78, 5) is 24.3. The van der Waals surface area contributed by atoms with Crippen molar-refractivity contribution in [2.45, 2.75) is 37.0 Å². The second-order valence-electron chi connectivity index (χ2n) is 5.10. The van der Waals surface area contributed by atoms with Gasteiger partial charge < -0.3 is 0 Å². The second kappa shape index (κ2) is 4.62. The molecular formula is C12H14N2O5S. The van der Waals surface area contributed by atoms with E-state index in [9.17, 15) is 23.3 Å². The molecule has 1 heterocycles. The molecular weight excluding hydrogens is 284 g/mol. The van der Waals surface area contributed by atoms with Gasteiger partial charge in [0.05, 0.1) is 5.75 Å². The quantitative estimate of drug-likeness (QED) is 0.613. The molecule has 0 saturated heterocycles. The lowest BCUT2D eigenvalue weighted by Gasteiger charge is -2.11. The molecule has 1 aliphatic carbocycles. The molecule has 0 aromatic carbocycles. The molecule has 1 amide bonds. The predicted molar refractivity (Wildman–Crippen MR) is 69.9 cm³/mol. The maximum Gasteiger partial charge on any atom is 0.496 e. The summed E-state index contributed by atoms with van der Waals surface area (Å²) in [6.45, 7) is 3.38. The van der Waals surface area contributed by atoms with Crippen molar-refractivity contribution in [2.75, 3.05) is 5.75 Å². The highest BCUT2D eigenvalue weighted by molar-refractivity contribution is 7.91. The Hall–Kier alpha value is -1.83. The maximum atomic E-state index is 12.0. The molecule has 1 aliphatic rings. The van der Waals surface area contributed by atoms with Gasteiger partial charge in [-0.25, -0.2) is 18.2 Å². The van der Waals surface area contributed by atoms with Crippen molar-refractivity contribution < 1.29 is 18.1 Å². The van der Waals surface area contributed by atoms with Crippen molar-refractivity contribution in [3.63, 3.8) is 0 Å². The van der Waals surface area contributed by atoms with Gasteiger partial charge in [-0.15, -0.1) is 0 Å². The van der Waals surface area contributed by atoms with Crippen LogP contribution < -0.4 is 0 Å². The number of nitro groups is 1. The molecule has 20 heavy (non-hydrogen) atoms. The molecule has 0 aliphatic heterocycles. The van der Waals surface area contributed by atoms with Gasteiger partial charge in [0.15, 0.2) is 9.84 Å². The second-order valence-corrected chi connectivity index (χ2v) is 7.34. The number of carbonyl (C=O) groups is 1. The van der Waals surface area contributed by atoms with Gasteiger partial charge in [-0.1, -0.05) is 13.8 Å². The number of aromatic nitrogens is 1. The Bertz CT molecular complexity index is 692. The monoisotopic (exact) mass is 298 g/mol. The first kappa shape index (κ1) is 14.6. The van der Waals surface area contributed by atoms with E-state index < -0.39 is 26.4 Å². The van der Waals surface area contributed by atoms with Crippen LogP contribution in [0.1, 0.15) is 42.7 Å². The van der Waals surface area contributed by atoms with E-state index >= 15 is 0 Å². The Morgan fingerprint density at radius 2 is 2.10 bits per heavy atom. The van der Waals surface area contributed by atoms with Crippen LogP contribution in [-0.4, -0.2) is 30.0 Å². The molecule has 0 N–H and O–H groups in total. The standard InChI is InChI=1S/C12H14N2O5S/c1-3-20(18,19)9-6-8(12(2)4-5-12)7-13-10(9)11(15)14(16)17/h6-7H,3-5H2,1-2H3. The smallest absolute Gasteiger partial charge is 0.255 e. The minimum Gasteiger partial charge on any atom is -0.255 e. The van der Waals surface area contributed by atoms with Crippen molar-refractivity contribution in [3.05, 3.63) is 33.6 Å². The van der Waals surface area contributed by atoms with Crippen LogP contribution in [0.25, 0.3) is 0 Å². The van der Waals surface area contributed by atoms with E-state index in [0.29, 0.717) is 5.56 Å². The fourth-order valence-corrected chi connectivity index (χ4v) is 2.94. The molecule has 7 nitrogen and oxygen atoms in total. The maximum absolute atomic E-state index is 12.0. The first-order valence-electron chi connectivity index (χ1n) is 6.13. The number of hydrogen-bond acceptors (Lipinski definition) is 6. The number of sulfone groups is 1. The van der Waals surface area contributed by atoms with Gasteiger partial charge in [0.25, 0.3) is 0 Å². The van der Waals surface area contributed by atoms with Gasteiger partial charge in [-0.3, -0.25) is 10.1 Å². The van der Waals surface area contributed by atoms with Crippen LogP contribution in [0, 0.1) is 10.1 Å². The summed E-state index contributed by atoms with van der Waals surface area (Å²) in [5.74, 6) is -1.74. The Morgan fingerprint density at radius 1 is 1.50 bits per heavy atom. The Balaban J connectivity index is 2.64. The predicted octanol–water partition coefficient (Wildman–Crippen LogP) is 1.34. The number of rotatable bonds is 4. The normalized spacial score (nSPS) is 16.7. The van der Waals surface area contributed by atoms with E-state index in [1.165, 1.54) is 19.2 Å². The van der Waals surface area contributed by atoms with Crippen molar-refractivity contribution in [2.24, 2.45) is 0 Å². The third-order valence-electron chi connectivity index (χ3n) is 3.63. The van der Waals surface area contributed by atoms with Gasteiger partial charge in [0.2, 0.25) is 5.69 Å². The van der Waals surface area contributed by atoms with E-state index in [0.717, 1.165) is 12.8 Å². The third kappa shape index (κ3) is 2.43. The SMILES string of the molecule is CCS(=O)(=O)c1cc(C2(C)CC2)cnc1C(=O)[N+](=O)[O-]. The van der Waals surface area contributed by atoms with Crippen molar-refractivity contribution in [1.82, 2.24) is 4.98 Å². The molecule has 2 rings (SSSR count). The van der Waals surface area contributed by atoms with Crippen molar-refractivity contribution in [3.8, 4) is 0 Å². The summed E-state index contributed by atoms with van der Waals surface area (Å²) >= 11 is 0. The molecule has 1 fully saturated rings. The Kier molecular flexibility index (Phi) is 3.37. The van der Waals surface area contributed by atoms with Gasteiger partial charge >= 0.3 is 5.91 Å². The van der Waals surface area contributed by atoms with Crippen LogP contribution >= 0.6 is 0 Å². The zero-order chi connectivity index (χ0) is 15.1. The summed E-state index contributed by atoms with van der Waals surface area (Å²) < 4.78 is 24.1. The lowest BCUT2D eigenvalue weighted by molar-refractivity contribution is -0.375. The molecule has 1 aromatic rings.